The van der Waals surface area contributed by atoms with Gasteiger partial charge in [-0.3, -0.25) is 19.2 Å². The fraction of sp³-hybridized carbons (Fsp3) is 0.405. The van der Waals surface area contributed by atoms with E-state index in [9.17, 15) is 19.2 Å². The summed E-state index contributed by atoms with van der Waals surface area (Å²) in [5.41, 5.74) is 5.82. The second-order valence-corrected chi connectivity index (χ2v) is 17.5. The Morgan fingerprint density at radius 3 is 1.82 bits per heavy atom. The summed E-state index contributed by atoms with van der Waals surface area (Å²) >= 11 is 0. The minimum Gasteiger partial charge on any atom is -1.00 e. The number of halogens is 1. The molecule has 0 aliphatic heterocycles. The summed E-state index contributed by atoms with van der Waals surface area (Å²) < 4.78 is 9.79. The van der Waals surface area contributed by atoms with Crippen LogP contribution in [-0.2, 0) is 28.7 Å². The predicted molar refractivity (Wildman–Crippen MR) is 204 cm³/mol. The molecule has 50 heavy (non-hydrogen) atoms. The topological polar surface area (TPSA) is 137 Å². The summed E-state index contributed by atoms with van der Waals surface area (Å²) in [5, 5.41) is 9.43. The van der Waals surface area contributed by atoms with Gasteiger partial charge in [0, 0.05) is 17.9 Å². The summed E-state index contributed by atoms with van der Waals surface area (Å²) in [5.74, 6) is -0.826. The molecule has 0 aliphatic rings. The van der Waals surface area contributed by atoms with E-state index in [1.807, 2.05) is 0 Å². The van der Waals surface area contributed by atoms with E-state index in [0.717, 1.165) is 31.2 Å². The molecular formula is C37H49BrN3O6PS2. The molecule has 0 aromatic heterocycles. The van der Waals surface area contributed by atoms with Crippen molar-refractivity contribution in [2.24, 2.45) is 5.73 Å². The van der Waals surface area contributed by atoms with Gasteiger partial charge < -0.3 is 42.8 Å². The number of carbonyl (C=O) groups is 4. The number of unbranched alkanes of at least 4 members (excludes halogenated alkanes) is 2. The molecular weight excluding hydrogens is 757 g/mol. The van der Waals surface area contributed by atoms with E-state index < -0.39 is 43.1 Å². The highest BCUT2D eigenvalue weighted by molar-refractivity contribution is 8.76. The third kappa shape index (κ3) is 14.0. The minimum atomic E-state index is -1.86. The first-order valence-corrected chi connectivity index (χ1v) is 21.2. The van der Waals surface area contributed by atoms with Crippen LogP contribution in [0.3, 0.4) is 0 Å². The highest BCUT2D eigenvalue weighted by Gasteiger charge is 2.44. The van der Waals surface area contributed by atoms with Crippen molar-refractivity contribution in [3.05, 3.63) is 91.0 Å². The molecule has 0 heterocycles. The molecule has 0 fully saturated rings. The molecule has 0 aliphatic carbocycles. The fourth-order valence-corrected chi connectivity index (χ4v) is 12.1. The summed E-state index contributed by atoms with van der Waals surface area (Å²) in [6, 6.07) is 30.9. The number of amides is 2. The molecule has 3 rings (SSSR count). The number of nitrogens with two attached hydrogens (primary N) is 1. The van der Waals surface area contributed by atoms with Crippen molar-refractivity contribution in [3.63, 3.8) is 0 Å². The molecule has 272 valence electrons. The molecule has 0 saturated heterocycles. The average molecular weight is 807 g/mol. The quantitative estimate of drug-likeness (QED) is 0.0596. The van der Waals surface area contributed by atoms with Crippen LogP contribution < -0.4 is 49.3 Å². The van der Waals surface area contributed by atoms with E-state index in [4.69, 9.17) is 15.2 Å². The number of rotatable bonds is 22. The third-order valence-corrected chi connectivity index (χ3v) is 14.8. The zero-order chi connectivity index (χ0) is 35.3. The molecule has 3 aromatic rings. The highest BCUT2D eigenvalue weighted by atomic mass is 79.9. The molecule has 3 aromatic carbocycles. The lowest BCUT2D eigenvalue weighted by molar-refractivity contribution is -0.145. The van der Waals surface area contributed by atoms with Crippen LogP contribution in [0.25, 0.3) is 0 Å². The Labute approximate surface area is 315 Å². The molecule has 0 bridgehead atoms. The van der Waals surface area contributed by atoms with Gasteiger partial charge in [-0.15, -0.1) is 0 Å². The van der Waals surface area contributed by atoms with Crippen LogP contribution in [0.1, 0.15) is 46.0 Å². The number of esters is 2. The van der Waals surface area contributed by atoms with Gasteiger partial charge in [-0.1, -0.05) is 76.2 Å². The summed E-state index contributed by atoms with van der Waals surface area (Å²) in [6.45, 7) is 3.49. The molecule has 0 saturated carbocycles. The molecule has 2 atom stereocenters. The Bertz CT molecular complexity index is 1350. The zero-order valence-corrected chi connectivity index (χ0v) is 32.9. The summed E-state index contributed by atoms with van der Waals surface area (Å²) in [7, 11) is 1.30. The zero-order valence-electron chi connectivity index (χ0n) is 28.8. The van der Waals surface area contributed by atoms with E-state index in [2.05, 4.69) is 102 Å². The van der Waals surface area contributed by atoms with Gasteiger partial charge in [-0.2, -0.15) is 0 Å². The molecule has 0 radical (unpaired) electrons. The lowest BCUT2D eigenvalue weighted by Gasteiger charge is -2.27. The van der Waals surface area contributed by atoms with Gasteiger partial charge in [0.15, 0.2) is 0 Å². The van der Waals surface area contributed by atoms with Crippen LogP contribution in [0.5, 0.6) is 0 Å². The number of hydrogen-bond acceptors (Lipinski definition) is 9. The van der Waals surface area contributed by atoms with Crippen LogP contribution >= 0.6 is 28.9 Å². The maximum absolute atomic E-state index is 12.9. The first kappa shape index (κ1) is 43.3. The van der Waals surface area contributed by atoms with Gasteiger partial charge in [-0.05, 0) is 75.9 Å². The van der Waals surface area contributed by atoms with Crippen LogP contribution in [0.4, 0.5) is 0 Å². The number of benzene rings is 3. The van der Waals surface area contributed by atoms with E-state index >= 15 is 0 Å². The van der Waals surface area contributed by atoms with Crippen LogP contribution in [0, 0.1) is 0 Å². The number of ether oxygens (including phenoxy) is 2. The Morgan fingerprint density at radius 1 is 0.760 bits per heavy atom. The smallest absolute Gasteiger partial charge is 0.325 e. The monoisotopic (exact) mass is 805 g/mol. The van der Waals surface area contributed by atoms with E-state index in [0.29, 0.717) is 5.75 Å². The Morgan fingerprint density at radius 2 is 1.30 bits per heavy atom. The van der Waals surface area contributed by atoms with Crippen molar-refractivity contribution < 1.29 is 45.6 Å². The predicted octanol–water partition coefficient (Wildman–Crippen LogP) is 1.37. The van der Waals surface area contributed by atoms with Crippen molar-refractivity contribution in [2.75, 3.05) is 37.4 Å². The Balaban J connectivity index is 0.00000867. The largest absolute Gasteiger partial charge is 1.00 e. The van der Waals surface area contributed by atoms with Gasteiger partial charge in [0.2, 0.25) is 11.8 Å². The molecule has 2 amide bonds. The Hall–Kier alpha value is -2.89. The number of carbonyl (C=O) groups excluding carboxylic acids is 4. The fourth-order valence-electron chi connectivity index (χ4n) is 5.34. The maximum Gasteiger partial charge on any atom is 0.325 e. The van der Waals surface area contributed by atoms with Crippen molar-refractivity contribution in [2.45, 2.75) is 58.0 Å². The van der Waals surface area contributed by atoms with Crippen molar-refractivity contribution in [1.82, 2.24) is 10.6 Å². The SMILES string of the molecule is CCOC(=O)CNC(=O)C(CSSCCCCC[P+](c1ccccc1)(c1ccccc1)c1ccccc1)NC(=O)CCC(N)C(=O)OCC.[Br-]. The number of hydrogen-bond donors (Lipinski definition) is 3. The van der Waals surface area contributed by atoms with E-state index in [1.165, 1.54) is 26.7 Å². The maximum atomic E-state index is 12.9. The summed E-state index contributed by atoms with van der Waals surface area (Å²) in [6.07, 6.45) is 4.25. The first-order chi connectivity index (χ1) is 23.8. The van der Waals surface area contributed by atoms with Crippen LogP contribution in [0.2, 0.25) is 0 Å². The minimum absolute atomic E-state index is 0. The normalized spacial score (nSPS) is 12.1. The second kappa shape index (κ2) is 24.3. The van der Waals surface area contributed by atoms with E-state index in [-0.39, 0.29) is 49.6 Å². The first-order valence-electron chi connectivity index (χ1n) is 16.8. The molecule has 4 N–H and O–H groups in total. The van der Waals surface area contributed by atoms with Gasteiger partial charge >= 0.3 is 11.9 Å². The standard InChI is InChI=1S/C37H48N3O6PS2.BrH/c1-3-45-35(42)27-39-36(43)33(40-34(41)24-23-32(38)37(44)46-4-2)28-49-48-26-16-8-15-25-47(29-17-9-5-10-18-29,30-19-11-6-12-20-30)31-21-13-7-14-22-31;/h5-7,9-14,17-22,32-33H,3-4,8,15-16,23-28,38H2,1-2H3,(H-,39,40,41,43);1H. The summed E-state index contributed by atoms with van der Waals surface area (Å²) in [4.78, 5) is 49.2. The van der Waals surface area contributed by atoms with Gasteiger partial charge in [0.25, 0.3) is 0 Å². The average Bonchev–Trinajstić information content (AvgIpc) is 3.13. The van der Waals surface area contributed by atoms with Crippen molar-refractivity contribution in [1.29, 1.82) is 0 Å². The van der Waals surface area contributed by atoms with Crippen LogP contribution in [-0.4, -0.2) is 73.3 Å². The van der Waals surface area contributed by atoms with Gasteiger partial charge in [0.1, 0.15) is 41.8 Å². The third-order valence-electron chi connectivity index (χ3n) is 7.77. The van der Waals surface area contributed by atoms with Crippen molar-refractivity contribution in [3.8, 4) is 0 Å². The molecule has 2 unspecified atom stereocenters. The van der Waals surface area contributed by atoms with Gasteiger partial charge in [-0.25, -0.2) is 0 Å². The lowest BCUT2D eigenvalue weighted by atomic mass is 10.1. The lowest BCUT2D eigenvalue weighted by Crippen LogP contribution is -3.00. The molecule has 9 nitrogen and oxygen atoms in total. The van der Waals surface area contributed by atoms with Gasteiger partial charge in [0.05, 0.1) is 19.4 Å². The molecule has 0 spiro atoms. The van der Waals surface area contributed by atoms with Crippen molar-refractivity contribution >= 4 is 68.5 Å². The molecule has 13 heteroatoms. The Kier molecular flexibility index (Phi) is 21.1. The number of nitrogens with one attached hydrogen (secondary N) is 2. The van der Waals surface area contributed by atoms with Crippen LogP contribution in [0.15, 0.2) is 91.0 Å². The second-order valence-electron chi connectivity index (χ2n) is 11.2. The van der Waals surface area contributed by atoms with E-state index in [1.54, 1.807) is 24.6 Å². The highest BCUT2D eigenvalue weighted by Crippen LogP contribution is 2.56.